The van der Waals surface area contributed by atoms with E-state index in [1.165, 1.54) is 29.0 Å². The van der Waals surface area contributed by atoms with Crippen LogP contribution in [-0.4, -0.2) is 63.2 Å². The Bertz CT molecular complexity index is 1620. The zero-order chi connectivity index (χ0) is 27.4. The van der Waals surface area contributed by atoms with Crippen molar-refractivity contribution < 1.29 is 22.0 Å². The predicted octanol–water partition coefficient (Wildman–Crippen LogP) is 4.42. The third-order valence-electron chi connectivity index (χ3n) is 6.88. The van der Waals surface area contributed by atoms with Gasteiger partial charge in [0.05, 0.1) is 17.6 Å². The van der Waals surface area contributed by atoms with Crippen LogP contribution in [0, 0.1) is 5.82 Å². The SMILES string of the molecule is CC(C)c1cc(-c2ccc(F)cc2)nc2cc(C(=O)N3CCN(S(=O)(=O)c4cn(C)cn4)CC3(C)C)oc12. The fourth-order valence-corrected chi connectivity index (χ4v) is 6.38. The van der Waals surface area contributed by atoms with Crippen LogP contribution in [0.1, 0.15) is 49.7 Å². The Morgan fingerprint density at radius 3 is 2.45 bits per heavy atom. The Morgan fingerprint density at radius 2 is 1.84 bits per heavy atom. The zero-order valence-corrected chi connectivity index (χ0v) is 22.8. The van der Waals surface area contributed by atoms with Gasteiger partial charge < -0.3 is 13.9 Å². The van der Waals surface area contributed by atoms with Gasteiger partial charge in [0.1, 0.15) is 11.3 Å². The lowest BCUT2D eigenvalue weighted by Crippen LogP contribution is -2.61. The van der Waals surface area contributed by atoms with Crippen LogP contribution >= 0.6 is 0 Å². The molecule has 0 aliphatic carbocycles. The number of carbonyl (C=O) groups is 1. The number of furan rings is 1. The number of rotatable bonds is 5. The maximum atomic E-state index is 13.7. The van der Waals surface area contributed by atoms with Crippen molar-refractivity contribution in [2.45, 2.75) is 44.2 Å². The second kappa shape index (κ2) is 9.32. The second-order valence-corrected chi connectivity index (χ2v) is 12.5. The van der Waals surface area contributed by atoms with E-state index in [1.807, 2.05) is 33.8 Å². The van der Waals surface area contributed by atoms with E-state index in [0.29, 0.717) is 16.8 Å². The molecule has 5 rings (SSSR count). The molecule has 0 radical (unpaired) electrons. The second-order valence-electron chi connectivity index (χ2n) is 10.6. The van der Waals surface area contributed by atoms with Gasteiger partial charge in [0, 0.05) is 50.1 Å². The molecule has 3 aromatic heterocycles. The summed E-state index contributed by atoms with van der Waals surface area (Å²) in [7, 11) is -2.08. The van der Waals surface area contributed by atoms with E-state index >= 15 is 0 Å². The summed E-state index contributed by atoms with van der Waals surface area (Å²) >= 11 is 0. The molecule has 0 saturated carbocycles. The first-order valence-electron chi connectivity index (χ1n) is 12.4. The number of aryl methyl sites for hydroxylation is 1. The molecular weight excluding hydrogens is 509 g/mol. The maximum Gasteiger partial charge on any atom is 0.290 e. The van der Waals surface area contributed by atoms with Crippen LogP contribution in [0.15, 0.2) is 58.4 Å². The van der Waals surface area contributed by atoms with E-state index in [9.17, 15) is 17.6 Å². The van der Waals surface area contributed by atoms with Gasteiger partial charge in [-0.15, -0.1) is 0 Å². The number of aromatic nitrogens is 3. The number of amides is 1. The van der Waals surface area contributed by atoms with Crippen LogP contribution in [0.3, 0.4) is 0 Å². The third-order valence-corrected chi connectivity index (χ3v) is 8.61. The van der Waals surface area contributed by atoms with Crippen LogP contribution in [-0.2, 0) is 17.1 Å². The summed E-state index contributed by atoms with van der Waals surface area (Å²) in [4.78, 5) is 24.0. The predicted molar refractivity (Wildman–Crippen MR) is 141 cm³/mol. The summed E-state index contributed by atoms with van der Waals surface area (Å²) in [5, 5.41) is -0.0166. The first-order chi connectivity index (χ1) is 17.9. The average Bonchev–Trinajstić information content (AvgIpc) is 3.49. The first kappa shape index (κ1) is 26.1. The molecule has 0 atom stereocenters. The Kier molecular flexibility index (Phi) is 6.39. The molecule has 1 saturated heterocycles. The summed E-state index contributed by atoms with van der Waals surface area (Å²) in [6.45, 7) is 8.16. The number of sulfonamides is 1. The van der Waals surface area contributed by atoms with E-state index in [4.69, 9.17) is 9.40 Å². The highest BCUT2D eigenvalue weighted by Gasteiger charge is 2.42. The van der Waals surface area contributed by atoms with Crippen LogP contribution in [0.4, 0.5) is 4.39 Å². The monoisotopic (exact) mass is 539 g/mol. The van der Waals surface area contributed by atoms with Gasteiger partial charge in [-0.05, 0) is 50.1 Å². The minimum absolute atomic E-state index is 0.0166. The molecule has 0 N–H and O–H groups in total. The molecule has 1 fully saturated rings. The molecule has 38 heavy (non-hydrogen) atoms. The van der Waals surface area contributed by atoms with Crippen molar-refractivity contribution in [1.29, 1.82) is 0 Å². The number of benzene rings is 1. The number of pyridine rings is 1. The summed E-state index contributed by atoms with van der Waals surface area (Å²) < 4.78 is 48.7. The number of hydrogen-bond donors (Lipinski definition) is 0. The van der Waals surface area contributed by atoms with Gasteiger partial charge in [0.25, 0.3) is 15.9 Å². The lowest BCUT2D eigenvalue weighted by Gasteiger charge is -2.45. The van der Waals surface area contributed by atoms with Gasteiger partial charge >= 0.3 is 0 Å². The van der Waals surface area contributed by atoms with Gasteiger partial charge in [0.15, 0.2) is 16.4 Å². The average molecular weight is 540 g/mol. The Hall–Kier alpha value is -3.57. The number of nitrogens with zero attached hydrogens (tertiary/aromatic N) is 5. The lowest BCUT2D eigenvalue weighted by molar-refractivity contribution is 0.0325. The molecule has 11 heteroatoms. The molecule has 0 spiro atoms. The highest BCUT2D eigenvalue weighted by Crippen LogP contribution is 2.33. The van der Waals surface area contributed by atoms with Crippen molar-refractivity contribution in [3.8, 4) is 11.3 Å². The standard InChI is InChI=1S/C27H30FN5O4S/c1-17(2)20-12-21(18-6-8-19(28)9-7-18)30-22-13-23(37-25(20)22)26(34)33-11-10-32(15-27(33,3)4)38(35,36)24-14-31(5)16-29-24/h6-9,12-14,16-17H,10-11,15H2,1-5H3. The molecule has 200 valence electrons. The van der Waals surface area contributed by atoms with Crippen LogP contribution in [0.25, 0.3) is 22.4 Å². The van der Waals surface area contributed by atoms with E-state index in [-0.39, 0.29) is 48.1 Å². The number of fused-ring (bicyclic) bond motifs is 1. The summed E-state index contributed by atoms with van der Waals surface area (Å²) in [6, 6.07) is 9.64. The summed E-state index contributed by atoms with van der Waals surface area (Å²) in [5.74, 6) is -0.433. The van der Waals surface area contributed by atoms with E-state index in [1.54, 1.807) is 34.7 Å². The van der Waals surface area contributed by atoms with Crippen molar-refractivity contribution in [2.24, 2.45) is 7.05 Å². The van der Waals surface area contributed by atoms with Crippen molar-refractivity contribution >= 4 is 27.0 Å². The fraction of sp³-hybridized carbons (Fsp3) is 0.370. The van der Waals surface area contributed by atoms with Crippen molar-refractivity contribution in [3.63, 3.8) is 0 Å². The maximum absolute atomic E-state index is 13.7. The number of imidazole rings is 1. The van der Waals surface area contributed by atoms with Crippen molar-refractivity contribution in [3.05, 3.63) is 66.1 Å². The third kappa shape index (κ3) is 4.60. The molecule has 1 aliphatic heterocycles. The molecule has 9 nitrogen and oxygen atoms in total. The van der Waals surface area contributed by atoms with Gasteiger partial charge in [0.2, 0.25) is 0 Å². The van der Waals surface area contributed by atoms with E-state index in [0.717, 1.165) is 11.1 Å². The fourth-order valence-electron chi connectivity index (χ4n) is 4.83. The first-order valence-corrected chi connectivity index (χ1v) is 13.8. The molecule has 1 aliphatic rings. The molecular formula is C27H30FN5O4S. The van der Waals surface area contributed by atoms with Gasteiger partial charge in [-0.2, -0.15) is 4.31 Å². The minimum Gasteiger partial charge on any atom is -0.449 e. The molecule has 1 aromatic carbocycles. The Balaban J connectivity index is 1.45. The lowest BCUT2D eigenvalue weighted by atomic mass is 9.99. The van der Waals surface area contributed by atoms with Gasteiger partial charge in [-0.25, -0.2) is 22.8 Å². The normalized spacial score (nSPS) is 16.4. The quantitative estimate of drug-likeness (QED) is 0.372. The number of halogens is 1. The highest BCUT2D eigenvalue weighted by molar-refractivity contribution is 7.89. The van der Waals surface area contributed by atoms with Crippen LogP contribution < -0.4 is 0 Å². The highest BCUT2D eigenvalue weighted by atomic mass is 32.2. The molecule has 1 amide bonds. The summed E-state index contributed by atoms with van der Waals surface area (Å²) in [5.41, 5.74) is 2.57. The van der Waals surface area contributed by atoms with E-state index < -0.39 is 15.6 Å². The van der Waals surface area contributed by atoms with Gasteiger partial charge in [-0.1, -0.05) is 13.8 Å². The van der Waals surface area contributed by atoms with Crippen LogP contribution in [0.5, 0.6) is 0 Å². The Labute approximate surface area is 220 Å². The molecule has 0 unspecified atom stereocenters. The van der Waals surface area contributed by atoms with Gasteiger partial charge in [-0.3, -0.25) is 4.79 Å². The zero-order valence-electron chi connectivity index (χ0n) is 22.0. The topological polar surface area (TPSA) is 102 Å². The van der Waals surface area contributed by atoms with Crippen LogP contribution in [0.2, 0.25) is 0 Å². The molecule has 4 aromatic rings. The smallest absolute Gasteiger partial charge is 0.290 e. The van der Waals surface area contributed by atoms with Crippen molar-refractivity contribution in [2.75, 3.05) is 19.6 Å². The molecule has 0 bridgehead atoms. The van der Waals surface area contributed by atoms with E-state index in [2.05, 4.69) is 4.98 Å². The largest absolute Gasteiger partial charge is 0.449 e. The molecule has 4 heterocycles. The minimum atomic E-state index is -3.79. The summed E-state index contributed by atoms with van der Waals surface area (Å²) in [6.07, 6.45) is 2.91. The number of hydrogen-bond acceptors (Lipinski definition) is 6. The number of carbonyl (C=O) groups excluding carboxylic acids is 1. The Morgan fingerprint density at radius 1 is 1.13 bits per heavy atom. The number of piperazine rings is 1. The van der Waals surface area contributed by atoms with Crippen molar-refractivity contribution in [1.82, 2.24) is 23.7 Å².